The number of rotatable bonds is 27. The summed E-state index contributed by atoms with van der Waals surface area (Å²) in [4.78, 5) is 0.116. The van der Waals surface area contributed by atoms with Gasteiger partial charge in [0, 0.05) is 138 Å². The molecule has 0 fully saturated rings. The summed E-state index contributed by atoms with van der Waals surface area (Å²) in [6.07, 6.45) is -0.722. The fraction of sp³-hybridized carbons (Fsp3) is 0.600. The van der Waals surface area contributed by atoms with Crippen molar-refractivity contribution in [2.75, 3.05) is 86.2 Å². The predicted octanol–water partition coefficient (Wildman–Crippen LogP) is 5.73. The van der Waals surface area contributed by atoms with Gasteiger partial charge in [0.25, 0.3) is 0 Å². The molecular weight excluding hydrogens is 809 g/mol. The molecule has 1 unspecified atom stereocenters. The Morgan fingerprint density at radius 1 is 0.552 bits per heavy atom. The highest BCUT2D eigenvalue weighted by Crippen LogP contribution is 2.44. The number of nitrogen functional groups attached to an aromatic ring is 1. The summed E-state index contributed by atoms with van der Waals surface area (Å²) < 4.78 is 111. The largest absolute Gasteiger partial charge is 0.398 e. The van der Waals surface area contributed by atoms with Gasteiger partial charge in [-0.2, -0.15) is 0 Å². The third kappa shape index (κ3) is 10.8. The Bertz CT molecular complexity index is 2170. The van der Waals surface area contributed by atoms with Crippen molar-refractivity contribution in [3.05, 3.63) is 36.4 Å². The minimum atomic E-state index is -4.25. The second kappa shape index (κ2) is 21.8. The van der Waals surface area contributed by atoms with Gasteiger partial charge >= 0.3 is 0 Å². The first-order chi connectivity index (χ1) is 27.6. The summed E-state index contributed by atoms with van der Waals surface area (Å²) in [6, 6.07) is 9.67. The zero-order valence-corrected chi connectivity index (χ0v) is 37.8. The van der Waals surface area contributed by atoms with Crippen molar-refractivity contribution >= 4 is 69.0 Å². The highest BCUT2D eigenvalue weighted by molar-refractivity contribution is 7.89. The number of hydrogen-bond acceptors (Lipinski definition) is 12. The fourth-order valence-corrected chi connectivity index (χ4v) is 11.0. The lowest BCUT2D eigenvalue weighted by atomic mass is 9.93. The van der Waals surface area contributed by atoms with Crippen LogP contribution in [0.3, 0.4) is 0 Å². The first kappa shape index (κ1) is 48.1. The van der Waals surface area contributed by atoms with Crippen molar-refractivity contribution in [3.63, 3.8) is 0 Å². The van der Waals surface area contributed by atoms with Crippen LogP contribution >= 0.6 is 0 Å². The second-order valence-electron chi connectivity index (χ2n) is 13.5. The number of nitrogens with zero attached hydrogens (tertiary/aromatic N) is 3. The Morgan fingerprint density at radius 2 is 0.897 bits per heavy atom. The lowest BCUT2D eigenvalue weighted by Crippen LogP contribution is -2.32. The molecule has 0 aliphatic heterocycles. The molecule has 0 saturated heterocycles. The molecule has 0 radical (unpaired) electrons. The zero-order valence-electron chi connectivity index (χ0n) is 35.3. The van der Waals surface area contributed by atoms with E-state index >= 15 is 0 Å². The lowest BCUT2D eigenvalue weighted by molar-refractivity contribution is -0.140. The number of nitrogens with two attached hydrogens (primary N) is 1. The topological polar surface area (TPSA) is 176 Å². The van der Waals surface area contributed by atoms with Gasteiger partial charge in [-0.1, -0.05) is 24.3 Å². The second-order valence-corrected chi connectivity index (χ2v) is 19.1. The van der Waals surface area contributed by atoms with E-state index in [0.29, 0.717) is 91.3 Å². The number of sulfonamides is 2. The molecule has 18 heteroatoms. The maximum Gasteiger partial charge on any atom is 0.243 e. The van der Waals surface area contributed by atoms with E-state index in [1.165, 1.54) is 34.8 Å². The van der Waals surface area contributed by atoms with Gasteiger partial charge in [-0.25, -0.2) is 34.0 Å². The molecule has 0 aliphatic rings. The van der Waals surface area contributed by atoms with Crippen molar-refractivity contribution in [2.24, 2.45) is 0 Å². The quantitative estimate of drug-likeness (QED) is 0.0439. The van der Waals surface area contributed by atoms with E-state index in [4.69, 9.17) is 34.2 Å². The maximum absolute atomic E-state index is 14.7. The highest BCUT2D eigenvalue weighted by Gasteiger charge is 2.32. The van der Waals surface area contributed by atoms with E-state index in [9.17, 15) is 21.0 Å². The number of anilines is 1. The highest BCUT2D eigenvalue weighted by atomic mass is 32.2. The van der Waals surface area contributed by atoms with E-state index in [1.54, 1.807) is 35.6 Å². The minimum Gasteiger partial charge on any atom is -0.398 e. The van der Waals surface area contributed by atoms with Crippen LogP contribution in [-0.4, -0.2) is 133 Å². The molecule has 0 heterocycles. The lowest BCUT2D eigenvalue weighted by Gasteiger charge is -2.26. The standard InChI is InChI=1S/C40H62N4O11S3/c1-10-50-36(51-11-2)20-23-42(7)56(45)33-27-35(58(48,49)44(9)25-22-38(54-14-5)55-15-6)31-19-18-30-34(26-32(41)28-16-17-29(33)40(31)39(28)30)57(46,47)43(8)24-21-37(52-12-3)53-13-4/h16-19,26-27,36-38H,10-15,20-25,41H2,1-9H3. The smallest absolute Gasteiger partial charge is 0.243 e. The molecule has 0 bridgehead atoms. The van der Waals surface area contributed by atoms with Crippen LogP contribution < -0.4 is 5.73 Å². The summed E-state index contributed by atoms with van der Waals surface area (Å²) in [5.74, 6) is 0. The molecule has 4 aromatic carbocycles. The van der Waals surface area contributed by atoms with Crippen LogP contribution in [0.15, 0.2) is 51.1 Å². The fourth-order valence-electron chi connectivity index (χ4n) is 6.94. The third-order valence-electron chi connectivity index (χ3n) is 9.82. The van der Waals surface area contributed by atoms with Gasteiger partial charge in [-0.05, 0) is 53.7 Å². The molecule has 0 spiro atoms. The monoisotopic (exact) mass is 870 g/mol. The van der Waals surface area contributed by atoms with Crippen LogP contribution in [-0.2, 0) is 59.5 Å². The van der Waals surface area contributed by atoms with Crippen molar-refractivity contribution in [1.29, 1.82) is 0 Å². The van der Waals surface area contributed by atoms with Crippen molar-refractivity contribution in [3.8, 4) is 0 Å². The van der Waals surface area contributed by atoms with Crippen molar-refractivity contribution in [1.82, 2.24) is 12.9 Å². The summed E-state index contributed by atoms with van der Waals surface area (Å²) in [6.45, 7) is 14.0. The molecule has 4 aromatic rings. The number of hydrogen-bond donors (Lipinski definition) is 1. The summed E-state index contributed by atoms with van der Waals surface area (Å²) in [5, 5.41) is 2.59. The molecule has 2 N–H and O–H groups in total. The molecule has 58 heavy (non-hydrogen) atoms. The molecule has 15 nitrogen and oxygen atoms in total. The molecule has 0 saturated carbocycles. The van der Waals surface area contributed by atoms with Crippen molar-refractivity contribution < 1.29 is 49.5 Å². The van der Waals surface area contributed by atoms with E-state index < -0.39 is 49.9 Å². The SMILES string of the molecule is CCOC(CCN(C)S(=O)c1cc(S(=O)(=O)N(C)CCC(OCC)OCC)c2ccc3c(S(=O)(=O)N(C)CCC(OCC)OCC)cc(N)c4ccc1c2c43)OCC. The Labute approximate surface area is 347 Å². The van der Waals surface area contributed by atoms with Gasteiger partial charge in [-0.15, -0.1) is 0 Å². The Kier molecular flexibility index (Phi) is 18.1. The molecule has 0 aromatic heterocycles. The number of ether oxygens (including phenoxy) is 6. The van der Waals surface area contributed by atoms with Crippen LogP contribution in [0.4, 0.5) is 5.69 Å². The Hall–Kier alpha value is -2.59. The molecule has 0 aliphatic carbocycles. The van der Waals surface area contributed by atoms with Gasteiger partial charge in [0.05, 0.1) is 14.7 Å². The van der Waals surface area contributed by atoms with Gasteiger partial charge in [0.2, 0.25) is 20.0 Å². The summed E-state index contributed by atoms with van der Waals surface area (Å²) in [7, 11) is -5.64. The Balaban J connectivity index is 1.94. The molecule has 1 atom stereocenters. The van der Waals surface area contributed by atoms with E-state index in [2.05, 4.69) is 0 Å². The van der Waals surface area contributed by atoms with Crippen LogP contribution in [0, 0.1) is 0 Å². The molecule has 326 valence electrons. The molecule has 4 rings (SSSR count). The van der Waals surface area contributed by atoms with Gasteiger partial charge in [0.15, 0.2) is 18.9 Å². The van der Waals surface area contributed by atoms with Gasteiger partial charge < -0.3 is 34.2 Å². The zero-order chi connectivity index (χ0) is 42.8. The summed E-state index contributed by atoms with van der Waals surface area (Å²) >= 11 is 0. The van der Waals surface area contributed by atoms with Crippen LogP contribution in [0.25, 0.3) is 32.3 Å². The minimum absolute atomic E-state index is 0.0419. The van der Waals surface area contributed by atoms with Gasteiger partial charge in [-0.3, -0.25) is 0 Å². The van der Waals surface area contributed by atoms with E-state index in [-0.39, 0.29) is 39.9 Å². The average Bonchev–Trinajstić information content (AvgIpc) is 3.20. The van der Waals surface area contributed by atoms with Crippen molar-refractivity contribution in [2.45, 2.75) is 94.4 Å². The summed E-state index contributed by atoms with van der Waals surface area (Å²) in [5.41, 5.74) is 6.84. The van der Waals surface area contributed by atoms with Crippen LogP contribution in [0.5, 0.6) is 0 Å². The molecular formula is C40H62N4O11S3. The number of benzene rings is 4. The molecule has 0 amide bonds. The van der Waals surface area contributed by atoms with E-state index in [1.807, 2.05) is 41.5 Å². The third-order valence-corrected chi connectivity index (χ3v) is 15.1. The van der Waals surface area contributed by atoms with Crippen LogP contribution in [0.2, 0.25) is 0 Å². The maximum atomic E-state index is 14.7. The average molecular weight is 871 g/mol. The Morgan fingerprint density at radius 3 is 1.31 bits per heavy atom. The predicted molar refractivity (Wildman–Crippen MR) is 228 cm³/mol. The normalized spacial score (nSPS) is 13.7. The van der Waals surface area contributed by atoms with Crippen LogP contribution in [0.1, 0.15) is 60.8 Å². The first-order valence-corrected chi connectivity index (χ1v) is 23.9. The van der Waals surface area contributed by atoms with E-state index in [0.717, 1.165) is 0 Å². The van der Waals surface area contributed by atoms with Gasteiger partial charge in [0.1, 0.15) is 11.0 Å². The first-order valence-electron chi connectivity index (χ1n) is 19.9.